The van der Waals surface area contributed by atoms with Crippen LogP contribution in [0.3, 0.4) is 0 Å². The number of carbonyl (C=O) groups excluding carboxylic acids is 2. The lowest BCUT2D eigenvalue weighted by molar-refractivity contribution is -0.125. The second-order valence-electron chi connectivity index (χ2n) is 2.48. The summed E-state index contributed by atoms with van der Waals surface area (Å²) in [5, 5.41) is 2.75. The molecule has 1 aliphatic rings. The van der Waals surface area contributed by atoms with E-state index in [1.54, 1.807) is 0 Å². The third-order valence-electron chi connectivity index (χ3n) is 1.37. The van der Waals surface area contributed by atoms with Crippen molar-refractivity contribution in [1.29, 1.82) is 0 Å². The van der Waals surface area contributed by atoms with E-state index < -0.39 is 0 Å². The minimum Gasteiger partial charge on any atom is -0.375 e. The van der Waals surface area contributed by atoms with Gasteiger partial charge in [-0.2, -0.15) is 0 Å². The molecule has 0 aromatic heterocycles. The summed E-state index contributed by atoms with van der Waals surface area (Å²) in [6.07, 6.45) is 1.38. The van der Waals surface area contributed by atoms with Crippen LogP contribution in [0.5, 0.6) is 0 Å². The fourth-order valence-corrected chi connectivity index (χ4v) is 0.830. The van der Waals surface area contributed by atoms with Crippen molar-refractivity contribution in [3.63, 3.8) is 0 Å². The van der Waals surface area contributed by atoms with Crippen molar-refractivity contribution in [3.05, 3.63) is 11.9 Å². The molecule has 0 aromatic carbocycles. The molecule has 0 bridgehead atoms. The first kappa shape index (κ1) is 9.53. The van der Waals surface area contributed by atoms with Gasteiger partial charge in [0.25, 0.3) is 5.91 Å². The zero-order valence-electron chi connectivity index (χ0n) is 7.22. The summed E-state index contributed by atoms with van der Waals surface area (Å²) in [5.74, 6) is 0.169. The van der Waals surface area contributed by atoms with E-state index in [4.69, 9.17) is 0 Å². The number of hydrogen-bond acceptors (Lipinski definition) is 5. The van der Waals surface area contributed by atoms with Crippen LogP contribution in [0.1, 0.15) is 0 Å². The summed E-state index contributed by atoms with van der Waals surface area (Å²) in [6, 6.07) is 0. The van der Waals surface area contributed by atoms with Crippen molar-refractivity contribution < 1.29 is 14.3 Å². The van der Waals surface area contributed by atoms with E-state index >= 15 is 0 Å². The van der Waals surface area contributed by atoms with Crippen LogP contribution in [0.15, 0.2) is 11.9 Å². The second kappa shape index (κ2) is 4.46. The summed E-state index contributed by atoms with van der Waals surface area (Å²) in [4.78, 5) is 21.6. The van der Waals surface area contributed by atoms with E-state index in [1.807, 2.05) is 0 Å². The monoisotopic (exact) mass is 185 g/mol. The molecule has 0 saturated carbocycles. The van der Waals surface area contributed by atoms with E-state index in [1.165, 1.54) is 13.2 Å². The summed E-state index contributed by atoms with van der Waals surface area (Å²) in [5.41, 5.74) is 4.90. The Bertz CT molecular complexity index is 249. The summed E-state index contributed by atoms with van der Waals surface area (Å²) >= 11 is 0. The Balaban J connectivity index is 2.23. The van der Waals surface area contributed by atoms with Gasteiger partial charge in [-0.05, 0) is 0 Å². The van der Waals surface area contributed by atoms with E-state index in [0.717, 1.165) is 0 Å². The number of ketones is 1. The zero-order valence-corrected chi connectivity index (χ0v) is 7.22. The Morgan fingerprint density at radius 1 is 1.77 bits per heavy atom. The lowest BCUT2D eigenvalue weighted by Crippen LogP contribution is -2.41. The van der Waals surface area contributed by atoms with Gasteiger partial charge in [-0.3, -0.25) is 20.4 Å². The Morgan fingerprint density at radius 3 is 3.08 bits per heavy atom. The largest absolute Gasteiger partial charge is 0.375 e. The molecule has 1 heterocycles. The van der Waals surface area contributed by atoms with E-state index in [0.29, 0.717) is 5.82 Å². The highest BCUT2D eigenvalue weighted by molar-refractivity contribution is 5.94. The Labute approximate surface area is 75.3 Å². The van der Waals surface area contributed by atoms with Gasteiger partial charge >= 0.3 is 0 Å². The first-order valence-electron chi connectivity index (χ1n) is 3.74. The van der Waals surface area contributed by atoms with Gasteiger partial charge in [-0.1, -0.05) is 0 Å². The predicted molar refractivity (Wildman–Crippen MR) is 44.2 cm³/mol. The summed E-state index contributed by atoms with van der Waals surface area (Å²) < 4.78 is 4.58. The van der Waals surface area contributed by atoms with Crippen LogP contribution >= 0.6 is 0 Å². The molecule has 1 aliphatic heterocycles. The van der Waals surface area contributed by atoms with Crippen LogP contribution in [0, 0.1) is 0 Å². The zero-order chi connectivity index (χ0) is 9.68. The van der Waals surface area contributed by atoms with Crippen LogP contribution in [0.4, 0.5) is 0 Å². The molecular weight excluding hydrogens is 174 g/mol. The first-order valence-corrected chi connectivity index (χ1v) is 3.74. The SMILES string of the molecule is COCC(=O)NNC1=CC(=O)CN1. The van der Waals surface area contributed by atoms with Crippen molar-refractivity contribution in [1.82, 2.24) is 16.2 Å². The molecule has 0 fully saturated rings. The average molecular weight is 185 g/mol. The topological polar surface area (TPSA) is 79.5 Å². The number of amides is 1. The van der Waals surface area contributed by atoms with Gasteiger partial charge < -0.3 is 10.1 Å². The molecule has 72 valence electrons. The molecular formula is C7H11N3O3. The summed E-state index contributed by atoms with van der Waals surface area (Å²) in [6.45, 7) is 0.247. The van der Waals surface area contributed by atoms with Crippen molar-refractivity contribution in [3.8, 4) is 0 Å². The molecule has 0 unspecified atom stereocenters. The minimum absolute atomic E-state index is 0.0196. The van der Waals surface area contributed by atoms with Gasteiger partial charge in [-0.25, -0.2) is 0 Å². The minimum atomic E-state index is -0.301. The van der Waals surface area contributed by atoms with Gasteiger partial charge in [0.05, 0.1) is 6.54 Å². The van der Waals surface area contributed by atoms with Crippen LogP contribution in [-0.4, -0.2) is 32.0 Å². The third kappa shape index (κ3) is 3.12. The molecule has 3 N–H and O–H groups in total. The number of carbonyl (C=O) groups is 2. The molecule has 0 atom stereocenters. The van der Waals surface area contributed by atoms with Gasteiger partial charge in [-0.15, -0.1) is 0 Å². The molecule has 1 amide bonds. The van der Waals surface area contributed by atoms with Crippen LogP contribution in [-0.2, 0) is 14.3 Å². The smallest absolute Gasteiger partial charge is 0.264 e. The molecule has 0 saturated heterocycles. The van der Waals surface area contributed by atoms with Crippen molar-refractivity contribution in [2.24, 2.45) is 0 Å². The van der Waals surface area contributed by atoms with E-state index in [2.05, 4.69) is 20.9 Å². The van der Waals surface area contributed by atoms with Crippen molar-refractivity contribution >= 4 is 11.7 Å². The molecule has 0 aliphatic carbocycles. The number of methoxy groups -OCH3 is 1. The lowest BCUT2D eigenvalue weighted by atomic mass is 10.4. The van der Waals surface area contributed by atoms with Gasteiger partial charge in [0.15, 0.2) is 5.78 Å². The number of ether oxygens (including phenoxy) is 1. The number of hydrogen-bond donors (Lipinski definition) is 3. The van der Waals surface area contributed by atoms with Crippen molar-refractivity contribution in [2.45, 2.75) is 0 Å². The Hall–Kier alpha value is -1.56. The first-order chi connectivity index (χ1) is 6.22. The Morgan fingerprint density at radius 2 is 2.54 bits per heavy atom. The molecule has 13 heavy (non-hydrogen) atoms. The predicted octanol–water partition coefficient (Wildman–Crippen LogP) is -1.73. The average Bonchev–Trinajstić information content (AvgIpc) is 2.49. The van der Waals surface area contributed by atoms with Crippen LogP contribution in [0.25, 0.3) is 0 Å². The van der Waals surface area contributed by atoms with Gasteiger partial charge in [0.2, 0.25) is 0 Å². The van der Waals surface area contributed by atoms with Gasteiger partial charge in [0, 0.05) is 13.2 Å². The van der Waals surface area contributed by atoms with E-state index in [9.17, 15) is 9.59 Å². The molecule has 0 aromatic rings. The number of nitrogens with one attached hydrogen (secondary N) is 3. The molecule has 6 nitrogen and oxygen atoms in total. The van der Waals surface area contributed by atoms with Crippen LogP contribution in [0.2, 0.25) is 0 Å². The number of rotatable bonds is 4. The fraction of sp³-hybridized carbons (Fsp3) is 0.429. The third-order valence-corrected chi connectivity index (χ3v) is 1.37. The highest BCUT2D eigenvalue weighted by Gasteiger charge is 2.10. The maximum absolute atomic E-state index is 10.8. The van der Waals surface area contributed by atoms with Crippen molar-refractivity contribution in [2.75, 3.05) is 20.3 Å². The maximum Gasteiger partial charge on any atom is 0.264 e. The molecule has 6 heteroatoms. The number of hydrazine groups is 1. The lowest BCUT2D eigenvalue weighted by Gasteiger charge is -2.08. The standard InChI is InChI=1S/C7H11N3O3/c1-13-4-7(12)10-9-6-2-5(11)3-8-6/h2,8-9H,3-4H2,1H3,(H,10,12). The quantitative estimate of drug-likeness (QED) is 0.453. The van der Waals surface area contributed by atoms with Gasteiger partial charge in [0.1, 0.15) is 12.4 Å². The maximum atomic E-state index is 10.8. The van der Waals surface area contributed by atoms with Crippen LogP contribution < -0.4 is 16.2 Å². The molecule has 0 spiro atoms. The van der Waals surface area contributed by atoms with E-state index in [-0.39, 0.29) is 24.8 Å². The highest BCUT2D eigenvalue weighted by atomic mass is 16.5. The Kier molecular flexibility index (Phi) is 3.27. The summed E-state index contributed by atoms with van der Waals surface area (Å²) in [7, 11) is 1.43. The second-order valence-corrected chi connectivity index (χ2v) is 2.48. The molecule has 0 radical (unpaired) electrons. The fourth-order valence-electron chi connectivity index (χ4n) is 0.830. The highest BCUT2D eigenvalue weighted by Crippen LogP contribution is 1.91. The molecule has 1 rings (SSSR count). The normalized spacial score (nSPS) is 14.8.